The maximum Gasteiger partial charge on any atom is 0.258 e. The number of hydrogen-bond acceptors (Lipinski definition) is 9. The Morgan fingerprint density at radius 2 is 1.93 bits per heavy atom. The van der Waals surface area contributed by atoms with Crippen molar-refractivity contribution in [3.8, 4) is 5.75 Å². The molecule has 6 rings (SSSR count). The lowest BCUT2D eigenvalue weighted by Gasteiger charge is -2.35. The first-order chi connectivity index (χ1) is 19.7. The van der Waals surface area contributed by atoms with Crippen LogP contribution in [0, 0.1) is 5.41 Å². The molecule has 0 radical (unpaired) electrons. The number of carbonyl (C=O) groups is 1. The Labute approximate surface area is 241 Å². The van der Waals surface area contributed by atoms with Crippen molar-refractivity contribution in [2.45, 2.75) is 57.3 Å². The molecule has 0 bridgehead atoms. The Morgan fingerprint density at radius 1 is 1.15 bits per heavy atom. The van der Waals surface area contributed by atoms with Crippen molar-refractivity contribution >= 4 is 38.9 Å². The van der Waals surface area contributed by atoms with E-state index >= 15 is 0 Å². The second-order valence-corrected chi connectivity index (χ2v) is 14.0. The van der Waals surface area contributed by atoms with Crippen molar-refractivity contribution in [3.05, 3.63) is 35.4 Å². The number of ether oxygens (including phenoxy) is 2. The lowest BCUT2D eigenvalue weighted by molar-refractivity contribution is 0.0527. The number of rotatable bonds is 8. The smallest absolute Gasteiger partial charge is 0.258 e. The van der Waals surface area contributed by atoms with Crippen LogP contribution in [-0.4, -0.2) is 81.8 Å². The van der Waals surface area contributed by atoms with Crippen molar-refractivity contribution in [3.63, 3.8) is 0 Å². The van der Waals surface area contributed by atoms with E-state index < -0.39 is 21.9 Å². The summed E-state index contributed by atoms with van der Waals surface area (Å²) < 4.78 is 39.5. The molecule has 2 atom stereocenters. The molecule has 11 nitrogen and oxygen atoms in total. The van der Waals surface area contributed by atoms with Gasteiger partial charge in [-0.25, -0.2) is 13.4 Å². The minimum absolute atomic E-state index is 0.0685. The first kappa shape index (κ1) is 28.0. The topological polar surface area (TPSA) is 133 Å². The van der Waals surface area contributed by atoms with E-state index in [0.717, 1.165) is 49.5 Å². The maximum absolute atomic E-state index is 13.8. The first-order valence-electron chi connectivity index (χ1n) is 14.5. The number of pyridine rings is 1. The zero-order valence-corrected chi connectivity index (χ0v) is 24.5. The molecule has 1 amide bonds. The van der Waals surface area contributed by atoms with Gasteiger partial charge in [-0.15, -0.1) is 0 Å². The molecule has 3 N–H and O–H groups in total. The van der Waals surface area contributed by atoms with Gasteiger partial charge in [-0.3, -0.25) is 9.52 Å². The molecule has 1 aliphatic carbocycles. The third kappa shape index (κ3) is 5.82. The number of morpholine rings is 1. The third-order valence-corrected chi connectivity index (χ3v) is 10.6. The number of carbonyl (C=O) groups excluding carboxylic acids is 1. The van der Waals surface area contributed by atoms with Crippen LogP contribution in [0.4, 0.5) is 23.0 Å². The number of piperidine rings is 1. The molecule has 2 saturated heterocycles. The van der Waals surface area contributed by atoms with E-state index in [1.165, 1.54) is 19.8 Å². The quantitative estimate of drug-likeness (QED) is 0.428. The van der Waals surface area contributed by atoms with E-state index in [-0.39, 0.29) is 12.0 Å². The molecule has 3 fully saturated rings. The van der Waals surface area contributed by atoms with Gasteiger partial charge in [0.2, 0.25) is 10.0 Å². The van der Waals surface area contributed by atoms with Gasteiger partial charge in [-0.2, -0.15) is 0 Å². The minimum atomic E-state index is -3.78. The Hall–Kier alpha value is -3.09. The van der Waals surface area contributed by atoms with Crippen LogP contribution in [0.15, 0.2) is 24.3 Å². The minimum Gasteiger partial charge on any atom is -0.489 e. The number of amides is 1. The molecular weight excluding hydrogens is 546 g/mol. The van der Waals surface area contributed by atoms with E-state index in [4.69, 9.17) is 14.5 Å². The molecule has 222 valence electrons. The summed E-state index contributed by atoms with van der Waals surface area (Å²) in [4.78, 5) is 22.9. The summed E-state index contributed by atoms with van der Waals surface area (Å²) in [5.41, 5.74) is 2.95. The van der Waals surface area contributed by atoms with Gasteiger partial charge in [-0.1, -0.05) is 0 Å². The highest BCUT2D eigenvalue weighted by atomic mass is 32.2. The molecule has 12 heteroatoms. The molecule has 41 heavy (non-hydrogen) atoms. The number of aliphatic hydroxyl groups excluding tert-OH is 1. The molecule has 1 aromatic carbocycles. The molecule has 4 heterocycles. The van der Waals surface area contributed by atoms with Gasteiger partial charge in [-0.05, 0) is 69.2 Å². The van der Waals surface area contributed by atoms with Gasteiger partial charge in [0.05, 0.1) is 42.9 Å². The number of aliphatic hydroxyl groups is 1. The molecule has 1 spiro atoms. The normalized spacial score (nSPS) is 22.2. The number of hydrogen-bond donors (Lipinski definition) is 3. The molecule has 2 aromatic rings. The lowest BCUT2D eigenvalue weighted by atomic mass is 9.93. The van der Waals surface area contributed by atoms with Gasteiger partial charge in [0.25, 0.3) is 5.91 Å². The van der Waals surface area contributed by atoms with E-state index in [1.54, 1.807) is 18.2 Å². The molecular formula is C29H39N5O6S. The van der Waals surface area contributed by atoms with E-state index in [0.29, 0.717) is 54.5 Å². The molecule has 1 aromatic heterocycles. The van der Waals surface area contributed by atoms with E-state index in [2.05, 4.69) is 19.8 Å². The number of aromatic nitrogens is 1. The Bertz CT molecular complexity index is 1420. The zero-order chi connectivity index (χ0) is 28.8. The Kier molecular flexibility index (Phi) is 7.50. The summed E-state index contributed by atoms with van der Waals surface area (Å²) in [6.45, 7) is 7.15. The summed E-state index contributed by atoms with van der Waals surface area (Å²) >= 11 is 0. The fraction of sp³-hybridized carbons (Fsp3) is 0.586. The summed E-state index contributed by atoms with van der Waals surface area (Å²) in [7, 11) is -3.78. The van der Waals surface area contributed by atoms with Crippen molar-refractivity contribution in [1.82, 2.24) is 4.98 Å². The summed E-state index contributed by atoms with van der Waals surface area (Å²) in [6.07, 6.45) is 5.43. The average Bonchev–Trinajstić information content (AvgIpc) is 3.53. The highest BCUT2D eigenvalue weighted by Crippen LogP contribution is 2.54. The fourth-order valence-corrected chi connectivity index (χ4v) is 6.81. The maximum atomic E-state index is 13.8. The lowest BCUT2D eigenvalue weighted by Crippen LogP contribution is -2.41. The van der Waals surface area contributed by atoms with Crippen molar-refractivity contribution in [2.24, 2.45) is 5.41 Å². The monoisotopic (exact) mass is 585 g/mol. The van der Waals surface area contributed by atoms with Crippen molar-refractivity contribution in [2.75, 3.05) is 65.8 Å². The van der Waals surface area contributed by atoms with Gasteiger partial charge in [0, 0.05) is 38.2 Å². The molecule has 4 aliphatic rings. The van der Waals surface area contributed by atoms with E-state index in [1.807, 2.05) is 13.0 Å². The van der Waals surface area contributed by atoms with Crippen LogP contribution in [0.25, 0.3) is 0 Å². The van der Waals surface area contributed by atoms with Crippen LogP contribution < -0.4 is 24.6 Å². The number of nitrogens with zero attached hydrogens (tertiary/aromatic N) is 3. The van der Waals surface area contributed by atoms with Crippen LogP contribution in [0.1, 0.15) is 55.5 Å². The number of fused-ring (bicyclic) bond motifs is 1. The standard InChI is InChI=1S/C29H39N5O6S/c1-19-17-34(12-14-39-19)27-26-21(5-13-40-26)15-25(30-27)31-28(36)23-4-3-22(32-41(37,38)20(2)18-35)16-24(23)33-10-8-29(6-7-29)9-11-33/h3-4,15-16,19-20,32,35H,5-14,17-18H2,1-2H3,(H,30,31,36)/t19-,20-/m1/s1. The predicted molar refractivity (Wildman–Crippen MR) is 158 cm³/mol. The predicted octanol–water partition coefficient (Wildman–Crippen LogP) is 3.00. The zero-order valence-electron chi connectivity index (χ0n) is 23.7. The fourth-order valence-electron chi connectivity index (χ4n) is 5.96. The van der Waals surface area contributed by atoms with Gasteiger partial charge < -0.3 is 29.7 Å². The van der Waals surface area contributed by atoms with Gasteiger partial charge in [0.1, 0.15) is 11.1 Å². The largest absolute Gasteiger partial charge is 0.489 e. The first-order valence-corrected chi connectivity index (χ1v) is 16.1. The van der Waals surface area contributed by atoms with Crippen LogP contribution in [-0.2, 0) is 21.2 Å². The van der Waals surface area contributed by atoms with Crippen molar-refractivity contribution in [1.29, 1.82) is 0 Å². The second kappa shape index (κ2) is 11.0. The van der Waals surface area contributed by atoms with Crippen LogP contribution in [0.2, 0.25) is 0 Å². The summed E-state index contributed by atoms with van der Waals surface area (Å²) in [6, 6.07) is 6.86. The average molecular weight is 586 g/mol. The molecule has 1 saturated carbocycles. The Morgan fingerprint density at radius 3 is 2.63 bits per heavy atom. The highest BCUT2D eigenvalue weighted by molar-refractivity contribution is 7.93. The Balaban J connectivity index is 1.29. The number of sulfonamides is 1. The number of benzene rings is 1. The van der Waals surface area contributed by atoms with Gasteiger partial charge in [0.15, 0.2) is 11.6 Å². The van der Waals surface area contributed by atoms with Crippen LogP contribution in [0.3, 0.4) is 0 Å². The van der Waals surface area contributed by atoms with Gasteiger partial charge >= 0.3 is 0 Å². The van der Waals surface area contributed by atoms with Crippen molar-refractivity contribution < 1.29 is 27.8 Å². The number of anilines is 4. The molecule has 0 unspecified atom stereocenters. The highest BCUT2D eigenvalue weighted by Gasteiger charge is 2.44. The number of nitrogens with one attached hydrogen (secondary N) is 2. The van der Waals surface area contributed by atoms with E-state index in [9.17, 15) is 18.3 Å². The summed E-state index contributed by atoms with van der Waals surface area (Å²) in [5, 5.41) is 11.4. The third-order valence-electron chi connectivity index (χ3n) is 8.84. The molecule has 3 aliphatic heterocycles. The SMILES string of the molecule is C[C@@H]1CN(c2nc(NC(=O)c3ccc(NS(=O)(=O)[C@H](C)CO)cc3N3CCC4(CC3)CC4)cc3c2OCC3)CCO1. The van der Waals surface area contributed by atoms with Crippen LogP contribution in [0.5, 0.6) is 5.75 Å². The summed E-state index contributed by atoms with van der Waals surface area (Å²) in [5.74, 6) is 1.64. The second-order valence-electron chi connectivity index (χ2n) is 11.9. The van der Waals surface area contributed by atoms with Crippen LogP contribution >= 0.6 is 0 Å².